The first-order chi connectivity index (χ1) is 10.5. The molecular formula is C18H28N2O2. The second-order valence-electron chi connectivity index (χ2n) is 6.74. The van der Waals surface area contributed by atoms with Gasteiger partial charge in [-0.05, 0) is 48.9 Å². The summed E-state index contributed by atoms with van der Waals surface area (Å²) in [6.45, 7) is 10.2. The van der Waals surface area contributed by atoms with E-state index in [4.69, 9.17) is 0 Å². The quantitative estimate of drug-likeness (QED) is 0.879. The van der Waals surface area contributed by atoms with E-state index < -0.39 is 0 Å². The van der Waals surface area contributed by atoms with Crippen LogP contribution in [0.1, 0.15) is 55.5 Å². The van der Waals surface area contributed by atoms with Crippen LogP contribution < -0.4 is 5.32 Å². The second kappa shape index (κ2) is 7.63. The predicted octanol–water partition coefficient (Wildman–Crippen LogP) is 2.98. The van der Waals surface area contributed by atoms with Crippen molar-refractivity contribution in [2.75, 3.05) is 26.2 Å². The van der Waals surface area contributed by atoms with Gasteiger partial charge in [-0.1, -0.05) is 26.8 Å². The number of benzene rings is 1. The van der Waals surface area contributed by atoms with E-state index in [9.17, 15) is 9.90 Å². The van der Waals surface area contributed by atoms with E-state index in [1.54, 1.807) is 12.1 Å². The lowest BCUT2D eigenvalue weighted by atomic mass is 10.00. The first kappa shape index (κ1) is 16.8. The van der Waals surface area contributed by atoms with Crippen molar-refractivity contribution in [1.82, 2.24) is 10.2 Å². The molecule has 1 heterocycles. The maximum absolute atomic E-state index is 12.3. The van der Waals surface area contributed by atoms with Crippen LogP contribution in [-0.4, -0.2) is 42.1 Å². The maximum Gasteiger partial charge on any atom is 0.255 e. The molecule has 1 atom stereocenters. The Morgan fingerprint density at radius 1 is 1.45 bits per heavy atom. The summed E-state index contributed by atoms with van der Waals surface area (Å²) >= 11 is 0. The fourth-order valence-corrected chi connectivity index (χ4v) is 3.01. The first-order valence-corrected chi connectivity index (χ1v) is 8.31. The summed E-state index contributed by atoms with van der Waals surface area (Å²) in [7, 11) is 0. The van der Waals surface area contributed by atoms with Crippen LogP contribution in [0.25, 0.3) is 0 Å². The van der Waals surface area contributed by atoms with Gasteiger partial charge in [-0.25, -0.2) is 0 Å². The Morgan fingerprint density at radius 3 is 2.91 bits per heavy atom. The second-order valence-corrected chi connectivity index (χ2v) is 6.74. The number of amides is 1. The van der Waals surface area contributed by atoms with Crippen molar-refractivity contribution >= 4 is 5.91 Å². The van der Waals surface area contributed by atoms with Crippen LogP contribution in [0.3, 0.4) is 0 Å². The molecule has 1 aromatic carbocycles. The SMILES string of the molecule is CC1CCCN(CCNC(=O)c2cc(C(C)C)ccc2O)C1. The zero-order chi connectivity index (χ0) is 16.1. The number of nitrogens with one attached hydrogen (secondary N) is 1. The Kier molecular flexibility index (Phi) is 5.83. The molecule has 2 rings (SSSR count). The minimum absolute atomic E-state index is 0.0495. The fourth-order valence-electron chi connectivity index (χ4n) is 3.01. The third-order valence-electron chi connectivity index (χ3n) is 4.39. The van der Waals surface area contributed by atoms with Crippen molar-refractivity contribution in [1.29, 1.82) is 0 Å². The predicted molar refractivity (Wildman–Crippen MR) is 89.4 cm³/mol. The van der Waals surface area contributed by atoms with Gasteiger partial charge < -0.3 is 15.3 Å². The standard InChI is InChI=1S/C18H28N2O2/c1-13(2)15-6-7-17(21)16(11-15)18(22)19-8-10-20-9-4-5-14(3)12-20/h6-7,11,13-14,21H,4-5,8-10,12H2,1-3H3,(H,19,22). The Balaban J connectivity index is 1.88. The van der Waals surface area contributed by atoms with Crippen molar-refractivity contribution in [3.63, 3.8) is 0 Å². The van der Waals surface area contributed by atoms with Crippen molar-refractivity contribution in [2.45, 2.75) is 39.5 Å². The maximum atomic E-state index is 12.3. The van der Waals surface area contributed by atoms with Crippen molar-refractivity contribution < 1.29 is 9.90 Å². The molecule has 0 aromatic heterocycles. The van der Waals surface area contributed by atoms with Crippen LogP contribution in [0.5, 0.6) is 5.75 Å². The molecule has 0 radical (unpaired) electrons. The molecule has 1 unspecified atom stereocenters. The van der Waals surface area contributed by atoms with Crippen molar-refractivity contribution in [3.05, 3.63) is 29.3 Å². The van der Waals surface area contributed by atoms with Crippen LogP contribution in [-0.2, 0) is 0 Å². The lowest BCUT2D eigenvalue weighted by Gasteiger charge is -2.30. The molecule has 0 bridgehead atoms. The van der Waals surface area contributed by atoms with E-state index in [0.717, 1.165) is 31.1 Å². The molecule has 1 fully saturated rings. The van der Waals surface area contributed by atoms with Gasteiger partial charge in [0.25, 0.3) is 5.91 Å². The molecule has 1 aromatic rings. The Bertz CT molecular complexity index is 514. The summed E-state index contributed by atoms with van der Waals surface area (Å²) in [5.74, 6) is 0.941. The number of hydrogen-bond donors (Lipinski definition) is 2. The number of carbonyl (C=O) groups excluding carboxylic acids is 1. The van der Waals surface area contributed by atoms with E-state index in [-0.39, 0.29) is 11.7 Å². The summed E-state index contributed by atoms with van der Waals surface area (Å²) in [5.41, 5.74) is 1.44. The minimum atomic E-state index is -0.190. The van der Waals surface area contributed by atoms with Gasteiger partial charge in [0.05, 0.1) is 5.56 Å². The van der Waals surface area contributed by atoms with Crippen molar-refractivity contribution in [3.8, 4) is 5.75 Å². The molecule has 2 N–H and O–H groups in total. The van der Waals surface area contributed by atoms with E-state index in [1.165, 1.54) is 12.8 Å². The van der Waals surface area contributed by atoms with Gasteiger partial charge >= 0.3 is 0 Å². The molecule has 1 amide bonds. The Hall–Kier alpha value is -1.55. The third-order valence-corrected chi connectivity index (χ3v) is 4.39. The first-order valence-electron chi connectivity index (χ1n) is 8.31. The zero-order valence-corrected chi connectivity index (χ0v) is 13.9. The molecule has 0 saturated carbocycles. The number of rotatable bonds is 5. The van der Waals surface area contributed by atoms with E-state index in [1.807, 2.05) is 6.07 Å². The monoisotopic (exact) mass is 304 g/mol. The molecule has 1 aliphatic rings. The molecule has 0 spiro atoms. The molecule has 22 heavy (non-hydrogen) atoms. The number of carbonyl (C=O) groups is 1. The highest BCUT2D eigenvalue weighted by Crippen LogP contribution is 2.23. The number of phenols is 1. The summed E-state index contributed by atoms with van der Waals surface area (Å²) in [4.78, 5) is 14.7. The van der Waals surface area contributed by atoms with Gasteiger partial charge in [-0.3, -0.25) is 4.79 Å². The topological polar surface area (TPSA) is 52.6 Å². The summed E-state index contributed by atoms with van der Waals surface area (Å²) in [6.07, 6.45) is 2.55. The summed E-state index contributed by atoms with van der Waals surface area (Å²) in [5, 5.41) is 12.8. The van der Waals surface area contributed by atoms with Gasteiger partial charge in [-0.2, -0.15) is 0 Å². The Morgan fingerprint density at radius 2 is 2.23 bits per heavy atom. The van der Waals surface area contributed by atoms with Crippen LogP contribution in [0.2, 0.25) is 0 Å². The minimum Gasteiger partial charge on any atom is -0.507 e. The largest absolute Gasteiger partial charge is 0.507 e. The number of piperidine rings is 1. The highest BCUT2D eigenvalue weighted by molar-refractivity contribution is 5.97. The molecular weight excluding hydrogens is 276 g/mol. The van der Waals surface area contributed by atoms with Crippen molar-refractivity contribution in [2.24, 2.45) is 5.92 Å². The zero-order valence-electron chi connectivity index (χ0n) is 13.9. The average Bonchev–Trinajstić information content (AvgIpc) is 2.47. The Labute approximate surface area is 133 Å². The summed E-state index contributed by atoms with van der Waals surface area (Å²) in [6, 6.07) is 5.26. The molecule has 1 aliphatic heterocycles. The van der Waals surface area contributed by atoms with Crippen LogP contribution in [0.15, 0.2) is 18.2 Å². The van der Waals surface area contributed by atoms with Crippen LogP contribution in [0.4, 0.5) is 0 Å². The molecule has 1 saturated heterocycles. The van der Waals surface area contributed by atoms with Crippen LogP contribution >= 0.6 is 0 Å². The van der Waals surface area contributed by atoms with Crippen LogP contribution in [0, 0.1) is 5.92 Å². The molecule has 122 valence electrons. The van der Waals surface area contributed by atoms with E-state index >= 15 is 0 Å². The molecule has 0 aliphatic carbocycles. The number of aromatic hydroxyl groups is 1. The van der Waals surface area contributed by atoms with Gasteiger partial charge in [0, 0.05) is 19.6 Å². The third kappa shape index (κ3) is 4.47. The van der Waals surface area contributed by atoms with E-state index in [2.05, 4.69) is 31.0 Å². The number of likely N-dealkylation sites (tertiary alicyclic amines) is 1. The van der Waals surface area contributed by atoms with Gasteiger partial charge in [0.2, 0.25) is 0 Å². The van der Waals surface area contributed by atoms with Gasteiger partial charge in [-0.15, -0.1) is 0 Å². The van der Waals surface area contributed by atoms with Gasteiger partial charge in [0.15, 0.2) is 0 Å². The van der Waals surface area contributed by atoms with Gasteiger partial charge in [0.1, 0.15) is 5.75 Å². The average molecular weight is 304 g/mol. The number of hydrogen-bond acceptors (Lipinski definition) is 3. The molecule has 4 nitrogen and oxygen atoms in total. The lowest BCUT2D eigenvalue weighted by Crippen LogP contribution is -2.40. The fraction of sp³-hybridized carbons (Fsp3) is 0.611. The highest BCUT2D eigenvalue weighted by Gasteiger charge is 2.17. The normalized spacial score (nSPS) is 19.4. The highest BCUT2D eigenvalue weighted by atomic mass is 16.3. The van der Waals surface area contributed by atoms with E-state index in [0.29, 0.717) is 18.0 Å². The lowest BCUT2D eigenvalue weighted by molar-refractivity contribution is 0.0941. The molecule has 4 heteroatoms. The number of phenolic OH excluding ortho intramolecular Hbond substituents is 1. The summed E-state index contributed by atoms with van der Waals surface area (Å²) < 4.78 is 0. The number of nitrogens with zero attached hydrogens (tertiary/aromatic N) is 1. The smallest absolute Gasteiger partial charge is 0.255 e.